The van der Waals surface area contributed by atoms with Crippen molar-refractivity contribution in [3.8, 4) is 6.07 Å². The molecule has 0 aliphatic carbocycles. The quantitative estimate of drug-likeness (QED) is 0.778. The molecule has 0 saturated carbocycles. The molecule has 1 aliphatic rings. The summed E-state index contributed by atoms with van der Waals surface area (Å²) >= 11 is 0. The number of hydrogen-bond donors (Lipinski definition) is 0. The van der Waals surface area contributed by atoms with E-state index in [1.165, 1.54) is 29.6 Å². The fourth-order valence-corrected chi connectivity index (χ4v) is 4.74. The van der Waals surface area contributed by atoms with Gasteiger partial charge in [-0.3, -0.25) is 0 Å². The largest absolute Gasteiger partial charge is 0.412 e. The lowest BCUT2D eigenvalue weighted by molar-refractivity contribution is 0.294. The van der Waals surface area contributed by atoms with Gasteiger partial charge in [-0.1, -0.05) is 37.6 Å². The molecule has 1 heterocycles. The van der Waals surface area contributed by atoms with Gasteiger partial charge in [0.25, 0.3) is 0 Å². The topological polar surface area (TPSA) is 33.0 Å². The minimum absolute atomic E-state index is 0.136. The molecule has 18 heavy (non-hydrogen) atoms. The average molecular weight is 258 g/mol. The number of rotatable bonds is 4. The molecule has 0 amide bonds. The lowest BCUT2D eigenvalue weighted by Gasteiger charge is -2.23. The third-order valence-electron chi connectivity index (χ3n) is 3.53. The van der Waals surface area contributed by atoms with Crippen LogP contribution in [0.4, 0.5) is 0 Å². The first-order chi connectivity index (χ1) is 8.85. The summed E-state index contributed by atoms with van der Waals surface area (Å²) in [7, 11) is -0.826. The SMILES string of the molecule is CCC(C#N)Cc1ccccc1[Si]1CCCCO1. The zero-order chi connectivity index (χ0) is 12.8. The number of nitrogens with zero attached hydrogens (tertiary/aromatic N) is 1. The summed E-state index contributed by atoms with van der Waals surface area (Å²) in [5.41, 5.74) is 1.33. The molecule has 0 spiro atoms. The van der Waals surface area contributed by atoms with Gasteiger partial charge in [0.2, 0.25) is 9.04 Å². The monoisotopic (exact) mass is 258 g/mol. The molecule has 95 valence electrons. The third kappa shape index (κ3) is 3.21. The first kappa shape index (κ1) is 13.3. The van der Waals surface area contributed by atoms with Crippen molar-refractivity contribution in [3.05, 3.63) is 29.8 Å². The lowest BCUT2D eigenvalue weighted by Crippen LogP contribution is -2.38. The highest BCUT2D eigenvalue weighted by Crippen LogP contribution is 2.15. The molecule has 1 atom stereocenters. The van der Waals surface area contributed by atoms with Gasteiger partial charge in [-0.2, -0.15) is 5.26 Å². The molecule has 0 aromatic heterocycles. The van der Waals surface area contributed by atoms with Gasteiger partial charge in [0, 0.05) is 6.61 Å². The third-order valence-corrected chi connectivity index (χ3v) is 5.98. The number of nitriles is 1. The molecule has 3 heteroatoms. The van der Waals surface area contributed by atoms with Gasteiger partial charge in [-0.05, 0) is 36.1 Å². The Balaban J connectivity index is 2.17. The van der Waals surface area contributed by atoms with Crippen LogP contribution in [-0.2, 0) is 10.8 Å². The summed E-state index contributed by atoms with van der Waals surface area (Å²) in [6.07, 6.45) is 4.29. The van der Waals surface area contributed by atoms with E-state index in [1.807, 2.05) is 0 Å². The summed E-state index contributed by atoms with van der Waals surface area (Å²) in [6.45, 7) is 3.00. The van der Waals surface area contributed by atoms with Gasteiger partial charge >= 0.3 is 0 Å². The minimum Gasteiger partial charge on any atom is -0.412 e. The van der Waals surface area contributed by atoms with Crippen LogP contribution in [0.25, 0.3) is 0 Å². The number of hydrogen-bond acceptors (Lipinski definition) is 2. The highest BCUT2D eigenvalue weighted by molar-refractivity contribution is 6.68. The van der Waals surface area contributed by atoms with Crippen LogP contribution in [0.15, 0.2) is 24.3 Å². The molecule has 2 rings (SSSR count). The normalized spacial score (nSPS) is 18.2. The molecular formula is C15H20NOSi. The van der Waals surface area contributed by atoms with E-state index < -0.39 is 9.04 Å². The molecule has 1 radical (unpaired) electrons. The first-order valence-corrected chi connectivity index (χ1v) is 8.43. The molecule has 1 fully saturated rings. The molecule has 1 aromatic rings. The van der Waals surface area contributed by atoms with Crippen molar-refractivity contribution in [2.24, 2.45) is 5.92 Å². The van der Waals surface area contributed by atoms with Crippen LogP contribution < -0.4 is 5.19 Å². The van der Waals surface area contributed by atoms with E-state index in [-0.39, 0.29) is 5.92 Å². The van der Waals surface area contributed by atoms with Crippen LogP contribution in [-0.4, -0.2) is 15.6 Å². The summed E-state index contributed by atoms with van der Waals surface area (Å²) in [6, 6.07) is 12.2. The molecule has 2 nitrogen and oxygen atoms in total. The summed E-state index contributed by atoms with van der Waals surface area (Å²) in [4.78, 5) is 0. The molecule has 0 bridgehead atoms. The molecular weight excluding hydrogens is 238 g/mol. The maximum absolute atomic E-state index is 9.12. The molecule has 0 N–H and O–H groups in total. The predicted molar refractivity (Wildman–Crippen MR) is 74.9 cm³/mol. The summed E-state index contributed by atoms with van der Waals surface area (Å²) in [5.74, 6) is 0.136. The van der Waals surface area contributed by atoms with Crippen molar-refractivity contribution in [1.82, 2.24) is 0 Å². The van der Waals surface area contributed by atoms with Crippen molar-refractivity contribution in [3.63, 3.8) is 0 Å². The van der Waals surface area contributed by atoms with Gasteiger partial charge in [-0.25, -0.2) is 0 Å². The minimum atomic E-state index is -0.826. The van der Waals surface area contributed by atoms with Crippen LogP contribution in [0.1, 0.15) is 31.7 Å². The molecule has 1 aliphatic heterocycles. The van der Waals surface area contributed by atoms with Crippen molar-refractivity contribution in [1.29, 1.82) is 5.26 Å². The summed E-state index contributed by atoms with van der Waals surface area (Å²) in [5, 5.41) is 10.5. The Hall–Kier alpha value is -1.11. The Morgan fingerprint density at radius 3 is 2.89 bits per heavy atom. The summed E-state index contributed by atoms with van der Waals surface area (Å²) < 4.78 is 5.97. The lowest BCUT2D eigenvalue weighted by atomic mass is 9.98. The van der Waals surface area contributed by atoms with E-state index in [0.29, 0.717) is 0 Å². The Labute approximate surface area is 111 Å². The standard InChI is InChI=1S/C15H20NOSi/c1-2-13(12-16)11-14-7-3-4-8-15(14)18-10-6-5-9-17-18/h3-4,7-8,13H,2,5-6,9-11H2,1H3. The van der Waals surface area contributed by atoms with Gasteiger partial charge in [-0.15, -0.1) is 0 Å². The van der Waals surface area contributed by atoms with Crippen LogP contribution in [0, 0.1) is 17.2 Å². The Morgan fingerprint density at radius 1 is 1.39 bits per heavy atom. The zero-order valence-electron chi connectivity index (χ0n) is 11.0. The van der Waals surface area contributed by atoms with Crippen LogP contribution in [0.2, 0.25) is 6.04 Å². The molecule has 1 aromatic carbocycles. The smallest absolute Gasteiger partial charge is 0.246 e. The van der Waals surface area contributed by atoms with Crippen molar-refractivity contribution < 1.29 is 4.43 Å². The van der Waals surface area contributed by atoms with Crippen molar-refractivity contribution in [2.75, 3.05) is 6.61 Å². The maximum Gasteiger partial charge on any atom is 0.246 e. The van der Waals surface area contributed by atoms with Gasteiger partial charge in [0.15, 0.2) is 0 Å². The van der Waals surface area contributed by atoms with E-state index in [1.54, 1.807) is 0 Å². The van der Waals surface area contributed by atoms with E-state index in [2.05, 4.69) is 37.3 Å². The van der Waals surface area contributed by atoms with E-state index >= 15 is 0 Å². The fraction of sp³-hybridized carbons (Fsp3) is 0.533. The van der Waals surface area contributed by atoms with Gasteiger partial charge in [0.1, 0.15) is 0 Å². The molecule has 1 saturated heterocycles. The second-order valence-electron chi connectivity index (χ2n) is 4.82. The first-order valence-electron chi connectivity index (χ1n) is 6.81. The Morgan fingerprint density at radius 2 is 2.22 bits per heavy atom. The predicted octanol–water partition coefficient (Wildman–Crippen LogP) is 2.79. The van der Waals surface area contributed by atoms with E-state index in [4.69, 9.17) is 9.69 Å². The van der Waals surface area contributed by atoms with Crippen LogP contribution in [0.3, 0.4) is 0 Å². The van der Waals surface area contributed by atoms with E-state index in [0.717, 1.165) is 19.4 Å². The fourth-order valence-electron chi connectivity index (χ4n) is 2.38. The number of benzene rings is 1. The Kier molecular flexibility index (Phi) is 4.97. The highest BCUT2D eigenvalue weighted by atomic mass is 28.3. The average Bonchev–Trinajstić information content (AvgIpc) is 2.46. The van der Waals surface area contributed by atoms with Crippen molar-refractivity contribution >= 4 is 14.2 Å². The van der Waals surface area contributed by atoms with Gasteiger partial charge in [0.05, 0.1) is 12.0 Å². The Bertz CT molecular complexity index is 421. The second-order valence-corrected chi connectivity index (χ2v) is 7.00. The second kappa shape index (κ2) is 6.72. The van der Waals surface area contributed by atoms with Crippen LogP contribution >= 0.6 is 0 Å². The van der Waals surface area contributed by atoms with Crippen LogP contribution in [0.5, 0.6) is 0 Å². The highest BCUT2D eigenvalue weighted by Gasteiger charge is 2.23. The van der Waals surface area contributed by atoms with E-state index in [9.17, 15) is 0 Å². The van der Waals surface area contributed by atoms with Crippen molar-refractivity contribution in [2.45, 2.75) is 38.7 Å². The zero-order valence-corrected chi connectivity index (χ0v) is 12.0. The van der Waals surface area contributed by atoms with Gasteiger partial charge < -0.3 is 4.43 Å². The molecule has 1 unspecified atom stereocenters. The maximum atomic E-state index is 9.12.